The van der Waals surface area contributed by atoms with Gasteiger partial charge in [-0.05, 0) is 70.4 Å². The molecule has 1 amide bonds. The summed E-state index contributed by atoms with van der Waals surface area (Å²) in [6, 6.07) is 9.78. The lowest BCUT2D eigenvalue weighted by Gasteiger charge is -2.41. The number of nitrogens with zero attached hydrogens (tertiary/aromatic N) is 2. The van der Waals surface area contributed by atoms with E-state index < -0.39 is 6.04 Å². The summed E-state index contributed by atoms with van der Waals surface area (Å²) in [5.74, 6) is 0.512. The highest BCUT2D eigenvalue weighted by Gasteiger charge is 2.27. The number of carbonyl (C=O) groups excluding carboxylic acids is 1. The smallest absolute Gasteiger partial charge is 0.241 e. The Hall–Kier alpha value is -1.43. The van der Waals surface area contributed by atoms with Crippen molar-refractivity contribution >= 4 is 5.91 Å². The minimum absolute atomic E-state index is 0.0658. The number of benzene rings is 1. The maximum Gasteiger partial charge on any atom is 0.241 e. The first-order valence-corrected chi connectivity index (χ1v) is 9.64. The molecule has 2 fully saturated rings. The predicted octanol–water partition coefficient (Wildman–Crippen LogP) is 1.61. The fraction of sp³-hybridized carbons (Fsp3) is 0.650. The summed E-state index contributed by atoms with van der Waals surface area (Å²) >= 11 is 0. The minimum atomic E-state index is -0.569. The second-order valence-electron chi connectivity index (χ2n) is 7.65. The molecule has 2 heterocycles. The normalized spacial score (nSPS) is 22.6. The predicted molar refractivity (Wildman–Crippen MR) is 101 cm³/mol. The van der Waals surface area contributed by atoms with Crippen LogP contribution in [-0.4, -0.2) is 61.5 Å². The van der Waals surface area contributed by atoms with Crippen LogP contribution >= 0.6 is 0 Å². The van der Waals surface area contributed by atoms with Crippen LogP contribution in [0.4, 0.5) is 0 Å². The molecule has 2 aliphatic heterocycles. The van der Waals surface area contributed by atoms with Crippen LogP contribution in [0.1, 0.15) is 37.3 Å². The molecule has 1 atom stereocenters. The van der Waals surface area contributed by atoms with E-state index in [0.717, 1.165) is 18.2 Å². The van der Waals surface area contributed by atoms with E-state index in [0.29, 0.717) is 5.92 Å². The Morgan fingerprint density at radius 1 is 1.12 bits per heavy atom. The van der Waals surface area contributed by atoms with Crippen LogP contribution < -0.4 is 11.1 Å². The summed E-state index contributed by atoms with van der Waals surface area (Å²) in [6.45, 7) is 5.52. The summed E-state index contributed by atoms with van der Waals surface area (Å²) in [6.07, 6.45) is 4.94. The van der Waals surface area contributed by atoms with E-state index in [2.05, 4.69) is 22.2 Å². The van der Waals surface area contributed by atoms with Gasteiger partial charge >= 0.3 is 0 Å². The van der Waals surface area contributed by atoms with Crippen LogP contribution in [0.2, 0.25) is 0 Å². The molecule has 0 spiro atoms. The molecule has 0 bridgehead atoms. The summed E-state index contributed by atoms with van der Waals surface area (Å²) < 4.78 is 0. The molecule has 0 radical (unpaired) electrons. The van der Waals surface area contributed by atoms with Gasteiger partial charge in [0.15, 0.2) is 0 Å². The van der Waals surface area contributed by atoms with Gasteiger partial charge < -0.3 is 20.9 Å². The maximum absolute atomic E-state index is 12.3. The average Bonchev–Trinajstić information content (AvgIpc) is 2.67. The van der Waals surface area contributed by atoms with Crippen LogP contribution in [0.5, 0.6) is 0 Å². The highest BCUT2D eigenvalue weighted by molar-refractivity contribution is 5.82. The van der Waals surface area contributed by atoms with Gasteiger partial charge in [0.2, 0.25) is 5.91 Å². The number of nitrogens with two attached hydrogens (primary N) is 1. The Morgan fingerprint density at radius 3 is 2.40 bits per heavy atom. The van der Waals surface area contributed by atoms with Gasteiger partial charge in [0.25, 0.3) is 0 Å². The number of amides is 1. The lowest BCUT2D eigenvalue weighted by atomic mass is 9.93. The fourth-order valence-corrected chi connectivity index (χ4v) is 4.05. The number of carbonyl (C=O) groups is 1. The number of nitrogens with one attached hydrogen (secondary N) is 1. The number of likely N-dealkylation sites (tertiary alicyclic amines) is 2. The van der Waals surface area contributed by atoms with Crippen molar-refractivity contribution in [2.24, 2.45) is 11.7 Å². The number of piperidine rings is 2. The Morgan fingerprint density at radius 2 is 1.76 bits per heavy atom. The molecule has 25 heavy (non-hydrogen) atoms. The molecule has 3 rings (SSSR count). The van der Waals surface area contributed by atoms with Crippen LogP contribution in [0.25, 0.3) is 0 Å². The molecule has 1 aromatic carbocycles. The standard InChI is InChI=1S/C20H32N4O/c1-23-11-9-18(10-12-23)24-13-7-16(8-14-24)15-22-20(25)19(21)17-5-3-2-4-6-17/h2-6,16,18-19H,7-15,21H2,1H3,(H,22,25)/t19-/m1/s1. The van der Waals surface area contributed by atoms with E-state index in [-0.39, 0.29) is 5.91 Å². The van der Waals surface area contributed by atoms with E-state index in [1.165, 1.54) is 51.9 Å². The molecule has 0 aliphatic carbocycles. The van der Waals surface area contributed by atoms with Gasteiger partial charge in [-0.3, -0.25) is 4.79 Å². The van der Waals surface area contributed by atoms with Crippen LogP contribution in [0, 0.1) is 5.92 Å². The molecule has 1 aromatic rings. The molecule has 3 N–H and O–H groups in total. The van der Waals surface area contributed by atoms with Crippen molar-refractivity contribution in [3.8, 4) is 0 Å². The molecule has 0 unspecified atom stereocenters. The molecule has 138 valence electrons. The molecule has 2 saturated heterocycles. The molecule has 5 heteroatoms. The molecule has 0 aromatic heterocycles. The van der Waals surface area contributed by atoms with Crippen molar-refractivity contribution in [3.05, 3.63) is 35.9 Å². The van der Waals surface area contributed by atoms with E-state index in [1.807, 2.05) is 30.3 Å². The highest BCUT2D eigenvalue weighted by Crippen LogP contribution is 2.23. The molecular formula is C20H32N4O. The van der Waals surface area contributed by atoms with Crippen molar-refractivity contribution in [2.45, 2.75) is 37.8 Å². The quantitative estimate of drug-likeness (QED) is 0.852. The van der Waals surface area contributed by atoms with Crippen molar-refractivity contribution in [1.29, 1.82) is 0 Å². The van der Waals surface area contributed by atoms with Crippen LogP contribution in [0.3, 0.4) is 0 Å². The topological polar surface area (TPSA) is 61.6 Å². The van der Waals surface area contributed by atoms with E-state index >= 15 is 0 Å². The minimum Gasteiger partial charge on any atom is -0.354 e. The van der Waals surface area contributed by atoms with Gasteiger partial charge in [0.05, 0.1) is 0 Å². The van der Waals surface area contributed by atoms with Crippen molar-refractivity contribution in [3.63, 3.8) is 0 Å². The second kappa shape index (κ2) is 8.79. The number of hydrogen-bond acceptors (Lipinski definition) is 4. The first-order chi connectivity index (χ1) is 12.1. The van der Waals surface area contributed by atoms with Gasteiger partial charge in [-0.1, -0.05) is 30.3 Å². The lowest BCUT2D eigenvalue weighted by molar-refractivity contribution is -0.122. The SMILES string of the molecule is CN1CCC(N2CCC(CNC(=O)[C@H](N)c3ccccc3)CC2)CC1. The zero-order valence-electron chi connectivity index (χ0n) is 15.4. The van der Waals surface area contributed by atoms with E-state index in [1.54, 1.807) is 0 Å². The van der Waals surface area contributed by atoms with Crippen LogP contribution in [-0.2, 0) is 4.79 Å². The Balaban J connectivity index is 1.38. The Kier molecular flexibility index (Phi) is 6.45. The number of hydrogen-bond donors (Lipinski definition) is 2. The zero-order chi connectivity index (χ0) is 17.6. The van der Waals surface area contributed by atoms with Gasteiger partial charge in [0, 0.05) is 12.6 Å². The second-order valence-corrected chi connectivity index (χ2v) is 7.65. The van der Waals surface area contributed by atoms with Crippen LogP contribution in [0.15, 0.2) is 30.3 Å². The molecule has 5 nitrogen and oxygen atoms in total. The van der Waals surface area contributed by atoms with Gasteiger partial charge in [-0.25, -0.2) is 0 Å². The molecular weight excluding hydrogens is 312 g/mol. The monoisotopic (exact) mass is 344 g/mol. The highest BCUT2D eigenvalue weighted by atomic mass is 16.2. The fourth-order valence-electron chi connectivity index (χ4n) is 4.05. The van der Waals surface area contributed by atoms with Crippen molar-refractivity contribution < 1.29 is 4.79 Å². The Labute approximate surface area is 151 Å². The summed E-state index contributed by atoms with van der Waals surface area (Å²) in [5, 5.41) is 3.06. The third-order valence-corrected chi connectivity index (χ3v) is 5.86. The average molecular weight is 345 g/mol. The lowest BCUT2D eigenvalue weighted by Crippen LogP contribution is -2.48. The molecule has 2 aliphatic rings. The maximum atomic E-state index is 12.3. The van der Waals surface area contributed by atoms with Crippen molar-refractivity contribution in [1.82, 2.24) is 15.1 Å². The van der Waals surface area contributed by atoms with E-state index in [4.69, 9.17) is 5.73 Å². The molecule has 0 saturated carbocycles. The zero-order valence-corrected chi connectivity index (χ0v) is 15.4. The van der Waals surface area contributed by atoms with Gasteiger partial charge in [-0.15, -0.1) is 0 Å². The third-order valence-electron chi connectivity index (χ3n) is 5.86. The van der Waals surface area contributed by atoms with E-state index in [9.17, 15) is 4.79 Å². The first kappa shape index (κ1) is 18.4. The summed E-state index contributed by atoms with van der Waals surface area (Å²) in [7, 11) is 2.21. The number of rotatable bonds is 5. The Bertz CT molecular complexity index is 534. The largest absolute Gasteiger partial charge is 0.354 e. The summed E-state index contributed by atoms with van der Waals surface area (Å²) in [4.78, 5) is 17.4. The summed E-state index contributed by atoms with van der Waals surface area (Å²) in [5.41, 5.74) is 6.93. The first-order valence-electron chi connectivity index (χ1n) is 9.64. The van der Waals surface area contributed by atoms with Gasteiger partial charge in [0.1, 0.15) is 6.04 Å². The van der Waals surface area contributed by atoms with Gasteiger partial charge in [-0.2, -0.15) is 0 Å². The third kappa shape index (κ3) is 5.03. The van der Waals surface area contributed by atoms with Crippen molar-refractivity contribution in [2.75, 3.05) is 39.8 Å².